The van der Waals surface area contributed by atoms with Gasteiger partial charge in [0.25, 0.3) is 11.8 Å². The van der Waals surface area contributed by atoms with Gasteiger partial charge < -0.3 is 9.80 Å². The van der Waals surface area contributed by atoms with Crippen molar-refractivity contribution in [3.8, 4) is 0 Å². The highest BCUT2D eigenvalue weighted by Crippen LogP contribution is 2.39. The lowest BCUT2D eigenvalue weighted by Gasteiger charge is -2.35. The summed E-state index contributed by atoms with van der Waals surface area (Å²) in [7, 11) is 7.67. The summed E-state index contributed by atoms with van der Waals surface area (Å²) < 4.78 is 0. The van der Waals surface area contributed by atoms with Crippen LogP contribution in [0.4, 0.5) is 5.69 Å². The molecule has 0 aliphatic carbocycles. The molecule has 6 heteroatoms. The van der Waals surface area contributed by atoms with Crippen molar-refractivity contribution in [3.05, 3.63) is 94.5 Å². The number of halogens is 1. The van der Waals surface area contributed by atoms with E-state index in [1.807, 2.05) is 37.3 Å². The van der Waals surface area contributed by atoms with Gasteiger partial charge in [0.15, 0.2) is 0 Å². The number of likely N-dealkylation sites (N-methyl/N-ethyl adjacent to an activating group) is 1. The standard InChI is InChI=1S/C24H20BClN2O2/c1-15(16-6-4-3-5-7-16)28-22(17-8-11-19(26)12-9-17)24(30)27(2)21-13-10-18(25)14-20(21)23(28)29/h3-15,22H,1-2H3. The van der Waals surface area contributed by atoms with Crippen molar-refractivity contribution in [1.29, 1.82) is 0 Å². The van der Waals surface area contributed by atoms with Gasteiger partial charge in [-0.1, -0.05) is 71.7 Å². The number of fused-ring (bicyclic) bond motifs is 1. The summed E-state index contributed by atoms with van der Waals surface area (Å²) >= 11 is 6.07. The van der Waals surface area contributed by atoms with Gasteiger partial charge in [0.05, 0.1) is 17.3 Å². The van der Waals surface area contributed by atoms with Crippen LogP contribution in [-0.4, -0.2) is 31.6 Å². The van der Waals surface area contributed by atoms with Crippen molar-refractivity contribution < 1.29 is 9.59 Å². The first kappa shape index (κ1) is 20.2. The highest BCUT2D eigenvalue weighted by molar-refractivity contribution is 6.33. The number of hydrogen-bond acceptors (Lipinski definition) is 2. The molecular weight excluding hydrogens is 395 g/mol. The van der Waals surface area contributed by atoms with Gasteiger partial charge in [-0.05, 0) is 36.2 Å². The predicted molar refractivity (Wildman–Crippen MR) is 120 cm³/mol. The molecule has 3 aromatic rings. The minimum absolute atomic E-state index is 0.197. The first-order valence-corrected chi connectivity index (χ1v) is 10.1. The van der Waals surface area contributed by atoms with E-state index in [1.54, 1.807) is 54.4 Å². The molecule has 3 aromatic carbocycles. The lowest BCUT2D eigenvalue weighted by atomic mass is 9.92. The molecular formula is C24H20BClN2O2. The maximum absolute atomic E-state index is 13.8. The number of rotatable bonds is 3. The summed E-state index contributed by atoms with van der Waals surface area (Å²) in [5, 5.41) is 0.568. The molecule has 148 valence electrons. The summed E-state index contributed by atoms with van der Waals surface area (Å²) in [6, 6.07) is 20.6. The second-order valence-corrected chi connectivity index (χ2v) is 7.86. The third-order valence-corrected chi connectivity index (χ3v) is 5.83. The fourth-order valence-corrected chi connectivity index (χ4v) is 4.06. The molecule has 4 nitrogen and oxygen atoms in total. The number of amides is 2. The van der Waals surface area contributed by atoms with Crippen LogP contribution in [0.3, 0.4) is 0 Å². The largest absolute Gasteiger partial charge is 0.316 e. The monoisotopic (exact) mass is 414 g/mol. The maximum atomic E-state index is 13.8. The van der Waals surface area contributed by atoms with Gasteiger partial charge in [0.1, 0.15) is 13.9 Å². The van der Waals surface area contributed by atoms with E-state index >= 15 is 0 Å². The van der Waals surface area contributed by atoms with Crippen LogP contribution < -0.4 is 10.4 Å². The van der Waals surface area contributed by atoms with Crippen LogP contribution in [0.25, 0.3) is 0 Å². The van der Waals surface area contributed by atoms with Crippen LogP contribution in [0.2, 0.25) is 5.02 Å². The Labute approximate surface area is 182 Å². The average Bonchev–Trinajstić information content (AvgIpc) is 2.83. The third kappa shape index (κ3) is 3.50. The summed E-state index contributed by atoms with van der Waals surface area (Å²) in [5.74, 6) is -0.441. The van der Waals surface area contributed by atoms with Gasteiger partial charge in [-0.15, -0.1) is 0 Å². The maximum Gasteiger partial charge on any atom is 0.257 e. The smallest absolute Gasteiger partial charge is 0.257 e. The summed E-state index contributed by atoms with van der Waals surface area (Å²) in [5.41, 5.74) is 3.06. The quantitative estimate of drug-likeness (QED) is 0.607. The Hall–Kier alpha value is -3.05. The Morgan fingerprint density at radius 2 is 1.63 bits per heavy atom. The van der Waals surface area contributed by atoms with Crippen LogP contribution in [0.15, 0.2) is 72.8 Å². The van der Waals surface area contributed by atoms with Crippen LogP contribution in [-0.2, 0) is 4.79 Å². The lowest BCUT2D eigenvalue weighted by Crippen LogP contribution is -2.42. The number of hydrogen-bond donors (Lipinski definition) is 0. The molecule has 0 saturated carbocycles. The second kappa shape index (κ2) is 8.00. The summed E-state index contributed by atoms with van der Waals surface area (Å²) in [6.07, 6.45) is 0. The van der Waals surface area contributed by atoms with Crippen molar-refractivity contribution >= 4 is 42.4 Å². The van der Waals surface area contributed by atoms with Crippen LogP contribution >= 0.6 is 11.6 Å². The van der Waals surface area contributed by atoms with Crippen molar-refractivity contribution in [1.82, 2.24) is 4.90 Å². The highest BCUT2D eigenvalue weighted by Gasteiger charge is 2.41. The van der Waals surface area contributed by atoms with E-state index in [0.717, 1.165) is 5.56 Å². The number of anilines is 1. The van der Waals surface area contributed by atoms with Crippen LogP contribution in [0.1, 0.15) is 40.5 Å². The van der Waals surface area contributed by atoms with E-state index in [2.05, 4.69) is 0 Å². The molecule has 4 rings (SSSR count). The molecule has 0 saturated heterocycles. The zero-order valence-corrected chi connectivity index (χ0v) is 17.5. The SMILES string of the molecule is [B]c1ccc2c(c1)C(=O)N(C(C)c1ccccc1)C(c1ccc(Cl)cc1)C(=O)N2C. The van der Waals surface area contributed by atoms with Crippen LogP contribution in [0.5, 0.6) is 0 Å². The van der Waals surface area contributed by atoms with Gasteiger partial charge >= 0.3 is 0 Å². The first-order valence-electron chi connectivity index (χ1n) is 9.68. The Morgan fingerprint density at radius 3 is 2.30 bits per heavy atom. The molecule has 30 heavy (non-hydrogen) atoms. The van der Waals surface area contributed by atoms with Crippen molar-refractivity contribution in [2.45, 2.75) is 19.0 Å². The molecule has 0 fully saturated rings. The molecule has 1 aliphatic rings. The van der Waals surface area contributed by atoms with Gasteiger partial charge in [-0.3, -0.25) is 9.59 Å². The van der Waals surface area contributed by atoms with Gasteiger partial charge in [-0.2, -0.15) is 0 Å². The van der Waals surface area contributed by atoms with E-state index < -0.39 is 6.04 Å². The first-order chi connectivity index (χ1) is 14.4. The Kier molecular flexibility index (Phi) is 5.40. The lowest BCUT2D eigenvalue weighted by molar-refractivity contribution is -0.123. The van der Waals surface area contributed by atoms with E-state index in [0.29, 0.717) is 27.3 Å². The zero-order chi connectivity index (χ0) is 21.4. The zero-order valence-electron chi connectivity index (χ0n) is 16.7. The summed E-state index contributed by atoms with van der Waals surface area (Å²) in [4.78, 5) is 30.6. The molecule has 2 radical (unpaired) electrons. The number of carbonyl (C=O) groups excluding carboxylic acids is 2. The minimum atomic E-state index is -0.802. The minimum Gasteiger partial charge on any atom is -0.316 e. The number of benzene rings is 3. The molecule has 0 aromatic heterocycles. The van der Waals surface area contributed by atoms with E-state index in [1.165, 1.54) is 4.90 Å². The molecule has 0 spiro atoms. The molecule has 0 bridgehead atoms. The van der Waals surface area contributed by atoms with E-state index in [9.17, 15) is 9.59 Å². The van der Waals surface area contributed by atoms with E-state index in [-0.39, 0.29) is 17.9 Å². The van der Waals surface area contributed by atoms with E-state index in [4.69, 9.17) is 19.4 Å². The topological polar surface area (TPSA) is 40.6 Å². The number of carbonyl (C=O) groups is 2. The predicted octanol–water partition coefficient (Wildman–Crippen LogP) is 4.05. The molecule has 1 heterocycles. The second-order valence-electron chi connectivity index (χ2n) is 7.43. The van der Waals surface area contributed by atoms with Gasteiger partial charge in [0.2, 0.25) is 0 Å². The molecule has 0 N–H and O–H groups in total. The van der Waals surface area contributed by atoms with Crippen molar-refractivity contribution in [3.63, 3.8) is 0 Å². The molecule has 2 unspecified atom stereocenters. The fourth-order valence-electron chi connectivity index (χ4n) is 3.93. The number of nitrogens with zero attached hydrogens (tertiary/aromatic N) is 2. The Morgan fingerprint density at radius 1 is 0.967 bits per heavy atom. The Balaban J connectivity index is 1.93. The fraction of sp³-hybridized carbons (Fsp3) is 0.167. The summed E-state index contributed by atoms with van der Waals surface area (Å²) in [6.45, 7) is 1.93. The normalized spacial score (nSPS) is 17.5. The Bertz CT molecular complexity index is 1100. The molecule has 1 aliphatic heterocycles. The molecule has 2 amide bonds. The van der Waals surface area contributed by atoms with Gasteiger partial charge in [0, 0.05) is 12.1 Å². The van der Waals surface area contributed by atoms with Gasteiger partial charge in [-0.25, -0.2) is 0 Å². The van der Waals surface area contributed by atoms with Crippen molar-refractivity contribution in [2.24, 2.45) is 0 Å². The average molecular weight is 415 g/mol. The van der Waals surface area contributed by atoms with Crippen LogP contribution in [0, 0.1) is 0 Å². The highest BCUT2D eigenvalue weighted by atomic mass is 35.5. The van der Waals surface area contributed by atoms with Crippen molar-refractivity contribution in [2.75, 3.05) is 11.9 Å². The third-order valence-electron chi connectivity index (χ3n) is 5.57. The molecule has 2 atom stereocenters.